The fourth-order valence-electron chi connectivity index (χ4n) is 4.97. The van der Waals surface area contributed by atoms with Crippen molar-refractivity contribution >= 4 is 0 Å². The summed E-state index contributed by atoms with van der Waals surface area (Å²) in [6.45, 7) is 7.99. The maximum Gasteiger partial charge on any atom is 0.115 e. The summed E-state index contributed by atoms with van der Waals surface area (Å²) in [6.07, 6.45) is 5.17. The van der Waals surface area contributed by atoms with Crippen molar-refractivity contribution in [1.82, 2.24) is 4.90 Å². The van der Waals surface area contributed by atoms with E-state index >= 15 is 0 Å². The minimum absolute atomic E-state index is 0.198. The number of aromatic hydroxyl groups is 1. The molecule has 0 spiro atoms. The Morgan fingerprint density at radius 1 is 1.41 bits per heavy atom. The van der Waals surface area contributed by atoms with Gasteiger partial charge in [-0.15, -0.1) is 0 Å². The maximum atomic E-state index is 9.90. The lowest BCUT2D eigenvalue weighted by Gasteiger charge is -2.55. The van der Waals surface area contributed by atoms with Gasteiger partial charge in [0.05, 0.1) is 6.10 Å². The third-order valence-electron chi connectivity index (χ3n) is 6.57. The summed E-state index contributed by atoms with van der Waals surface area (Å²) < 4.78 is 5.86. The molecule has 0 aromatic heterocycles. The number of rotatable bonds is 2. The first kappa shape index (κ1) is 14.5. The fraction of sp³-hybridized carbons (Fsp3) is 0.684. The number of phenolic OH excluding ortho intramolecular Hbond substituents is 1. The molecule has 1 aromatic carbocycles. The van der Waals surface area contributed by atoms with Crippen molar-refractivity contribution in [2.75, 3.05) is 19.7 Å². The standard InChI is InChI=1S/C19H27NO2/c1-13-18-10-14-5-6-15(21)11-17(14)19(13,2)7-8-20(18)12-16-4-3-9-22-16/h5-6,11,13,16,18,21H,3-4,7-10,12H2,1-2H3/t13-,16+,18+,19-/m0/s1. The van der Waals surface area contributed by atoms with Gasteiger partial charge >= 0.3 is 0 Å². The number of hydrogen-bond acceptors (Lipinski definition) is 3. The number of ether oxygens (including phenoxy) is 1. The van der Waals surface area contributed by atoms with E-state index in [0.717, 1.165) is 26.1 Å². The lowest BCUT2D eigenvalue weighted by Crippen LogP contribution is -2.59. The van der Waals surface area contributed by atoms with Gasteiger partial charge in [0.2, 0.25) is 0 Å². The largest absolute Gasteiger partial charge is 0.508 e. The van der Waals surface area contributed by atoms with E-state index < -0.39 is 0 Å². The van der Waals surface area contributed by atoms with Crippen LogP contribution in [0.1, 0.15) is 44.2 Å². The van der Waals surface area contributed by atoms with E-state index in [1.54, 1.807) is 0 Å². The molecule has 1 aromatic rings. The van der Waals surface area contributed by atoms with E-state index in [1.807, 2.05) is 12.1 Å². The van der Waals surface area contributed by atoms with Crippen LogP contribution in [0.2, 0.25) is 0 Å². The average molecular weight is 301 g/mol. The fourth-order valence-corrected chi connectivity index (χ4v) is 4.97. The minimum atomic E-state index is 0.198. The van der Waals surface area contributed by atoms with Gasteiger partial charge in [0, 0.05) is 19.2 Å². The van der Waals surface area contributed by atoms with E-state index in [0.29, 0.717) is 23.8 Å². The third-order valence-corrected chi connectivity index (χ3v) is 6.57. The Bertz CT molecular complexity index is 567. The van der Waals surface area contributed by atoms with Crippen LogP contribution < -0.4 is 0 Å². The zero-order chi connectivity index (χ0) is 15.3. The Balaban J connectivity index is 1.63. The van der Waals surface area contributed by atoms with Crippen LogP contribution in [0.15, 0.2) is 18.2 Å². The van der Waals surface area contributed by atoms with Crippen molar-refractivity contribution < 1.29 is 9.84 Å². The van der Waals surface area contributed by atoms with Crippen molar-refractivity contribution in [3.05, 3.63) is 29.3 Å². The van der Waals surface area contributed by atoms with Crippen LogP contribution in [0.25, 0.3) is 0 Å². The third kappa shape index (κ3) is 2.17. The van der Waals surface area contributed by atoms with Gasteiger partial charge < -0.3 is 9.84 Å². The highest BCUT2D eigenvalue weighted by atomic mass is 16.5. The van der Waals surface area contributed by atoms with Crippen molar-refractivity contribution in [1.29, 1.82) is 0 Å². The molecule has 2 saturated heterocycles. The van der Waals surface area contributed by atoms with Gasteiger partial charge in [0.15, 0.2) is 0 Å². The van der Waals surface area contributed by atoms with Crippen LogP contribution >= 0.6 is 0 Å². The quantitative estimate of drug-likeness (QED) is 0.911. The lowest BCUT2D eigenvalue weighted by molar-refractivity contribution is -0.00671. The first-order valence-electron chi connectivity index (χ1n) is 8.76. The second-order valence-corrected chi connectivity index (χ2v) is 7.70. The molecule has 0 unspecified atom stereocenters. The Labute approximate surface area is 133 Å². The van der Waals surface area contributed by atoms with Gasteiger partial charge in [0.1, 0.15) is 5.75 Å². The van der Waals surface area contributed by atoms with Crippen LogP contribution in [0.5, 0.6) is 5.75 Å². The molecule has 2 fully saturated rings. The molecule has 120 valence electrons. The van der Waals surface area contributed by atoms with Gasteiger partial charge in [-0.1, -0.05) is 19.9 Å². The number of benzene rings is 1. The summed E-state index contributed by atoms with van der Waals surface area (Å²) in [7, 11) is 0. The molecule has 2 bridgehead atoms. The highest BCUT2D eigenvalue weighted by molar-refractivity contribution is 5.44. The molecule has 1 aliphatic carbocycles. The first-order chi connectivity index (χ1) is 10.6. The molecule has 4 rings (SSSR count). The zero-order valence-corrected chi connectivity index (χ0v) is 13.7. The second kappa shape index (κ2) is 5.24. The van der Waals surface area contributed by atoms with Crippen LogP contribution in [0, 0.1) is 5.92 Å². The van der Waals surface area contributed by atoms with Crippen LogP contribution in [0.3, 0.4) is 0 Å². The summed E-state index contributed by atoms with van der Waals surface area (Å²) >= 11 is 0. The Morgan fingerprint density at radius 2 is 2.27 bits per heavy atom. The molecule has 3 nitrogen and oxygen atoms in total. The molecule has 3 heteroatoms. The Hall–Kier alpha value is -1.06. The summed E-state index contributed by atoms with van der Waals surface area (Å²) in [6, 6.07) is 6.60. The summed E-state index contributed by atoms with van der Waals surface area (Å²) in [5.74, 6) is 1.03. The number of hydrogen-bond donors (Lipinski definition) is 1. The molecular formula is C19H27NO2. The predicted molar refractivity (Wildman–Crippen MR) is 87.3 cm³/mol. The van der Waals surface area contributed by atoms with Crippen molar-refractivity contribution in [3.63, 3.8) is 0 Å². The summed E-state index contributed by atoms with van der Waals surface area (Å²) in [5, 5.41) is 9.90. The van der Waals surface area contributed by atoms with Crippen LogP contribution in [0.4, 0.5) is 0 Å². The number of phenols is 1. The highest BCUT2D eigenvalue weighted by Gasteiger charge is 2.48. The molecule has 0 amide bonds. The molecule has 3 aliphatic rings. The van der Waals surface area contributed by atoms with Crippen molar-refractivity contribution in [2.45, 2.75) is 57.1 Å². The molecule has 4 atom stereocenters. The van der Waals surface area contributed by atoms with E-state index in [4.69, 9.17) is 4.74 Å². The van der Waals surface area contributed by atoms with Gasteiger partial charge in [-0.25, -0.2) is 0 Å². The average Bonchev–Trinajstić information content (AvgIpc) is 3.00. The number of likely N-dealkylation sites (tertiary alicyclic amines) is 1. The van der Waals surface area contributed by atoms with E-state index in [9.17, 15) is 5.11 Å². The molecule has 1 N–H and O–H groups in total. The minimum Gasteiger partial charge on any atom is -0.508 e. The molecule has 2 heterocycles. The molecule has 2 aliphatic heterocycles. The topological polar surface area (TPSA) is 32.7 Å². The first-order valence-corrected chi connectivity index (χ1v) is 8.76. The maximum absolute atomic E-state index is 9.90. The van der Waals surface area contributed by atoms with Gasteiger partial charge in [-0.05, 0) is 66.8 Å². The normalized spacial score (nSPS) is 38.0. The second-order valence-electron chi connectivity index (χ2n) is 7.70. The molecule has 0 saturated carbocycles. The number of piperidine rings is 1. The Morgan fingerprint density at radius 3 is 3.05 bits per heavy atom. The SMILES string of the molecule is C[C@H]1[C@H]2Cc3ccc(O)cc3[C@@]1(C)CCN2C[C@H]1CCCO1. The Kier molecular flexibility index (Phi) is 3.46. The van der Waals surface area contributed by atoms with Gasteiger partial charge in [0.25, 0.3) is 0 Å². The predicted octanol–water partition coefficient (Wildman–Crippen LogP) is 3.10. The van der Waals surface area contributed by atoms with Gasteiger partial charge in [-0.3, -0.25) is 4.90 Å². The van der Waals surface area contributed by atoms with Gasteiger partial charge in [-0.2, -0.15) is 0 Å². The summed E-state index contributed by atoms with van der Waals surface area (Å²) in [4.78, 5) is 2.68. The van der Waals surface area contributed by atoms with E-state index in [1.165, 1.54) is 30.4 Å². The lowest BCUT2D eigenvalue weighted by atomic mass is 9.59. The zero-order valence-electron chi connectivity index (χ0n) is 13.7. The molecular weight excluding hydrogens is 274 g/mol. The smallest absolute Gasteiger partial charge is 0.115 e. The number of fused-ring (bicyclic) bond motifs is 4. The number of nitrogens with zero attached hydrogens (tertiary/aromatic N) is 1. The van der Waals surface area contributed by atoms with Crippen LogP contribution in [-0.4, -0.2) is 41.8 Å². The monoisotopic (exact) mass is 301 g/mol. The summed E-state index contributed by atoms with van der Waals surface area (Å²) in [5.41, 5.74) is 3.01. The van der Waals surface area contributed by atoms with Crippen molar-refractivity contribution in [2.24, 2.45) is 5.92 Å². The van der Waals surface area contributed by atoms with E-state index in [-0.39, 0.29) is 5.41 Å². The van der Waals surface area contributed by atoms with E-state index in [2.05, 4.69) is 24.8 Å². The highest BCUT2D eigenvalue weighted by Crippen LogP contribution is 2.49. The van der Waals surface area contributed by atoms with Crippen molar-refractivity contribution in [3.8, 4) is 5.75 Å². The molecule has 0 radical (unpaired) electrons. The van der Waals surface area contributed by atoms with Crippen LogP contribution in [-0.2, 0) is 16.6 Å². The molecule has 22 heavy (non-hydrogen) atoms.